The highest BCUT2D eigenvalue weighted by molar-refractivity contribution is 5.85. The molecule has 0 aliphatic carbocycles. The van der Waals surface area contributed by atoms with Crippen LogP contribution in [0.25, 0.3) is 0 Å². The molecule has 1 rings (SSSR count). The van der Waals surface area contributed by atoms with Crippen LogP contribution in [0.15, 0.2) is 10.8 Å². The molecule has 0 aliphatic heterocycles. The summed E-state index contributed by atoms with van der Waals surface area (Å²) in [5, 5.41) is 2.98. The first-order valence-electron chi connectivity index (χ1n) is 2.88. The van der Waals surface area contributed by atoms with Crippen molar-refractivity contribution in [2.24, 2.45) is 0 Å². The zero-order chi connectivity index (χ0) is 6.69. The summed E-state index contributed by atoms with van der Waals surface area (Å²) in [5.74, 6) is 0.914. The first kappa shape index (κ1) is 13.3. The Morgan fingerprint density at radius 2 is 2.18 bits per heavy atom. The zero-order valence-electron chi connectivity index (χ0n) is 6.46. The zero-order valence-corrected chi connectivity index (χ0v) is 8.09. The Balaban J connectivity index is 0. The molecule has 0 saturated heterocycles. The minimum absolute atomic E-state index is 0. The molecule has 1 aromatic heterocycles. The van der Waals surface area contributed by atoms with Crippen molar-refractivity contribution in [1.29, 1.82) is 0 Å². The maximum Gasteiger partial charge on any atom is 0.181 e. The highest BCUT2D eigenvalue weighted by atomic mass is 35.5. The third-order valence-electron chi connectivity index (χ3n) is 1.18. The van der Waals surface area contributed by atoms with Crippen LogP contribution in [0.3, 0.4) is 0 Å². The van der Waals surface area contributed by atoms with E-state index in [-0.39, 0.29) is 24.8 Å². The molecule has 1 N–H and O–H groups in total. The van der Waals surface area contributed by atoms with Gasteiger partial charge in [0.1, 0.15) is 5.76 Å². The molecule has 1 heterocycles. The topological polar surface area (TPSA) is 38.1 Å². The number of nitrogens with zero attached hydrogens (tertiary/aromatic N) is 1. The fourth-order valence-corrected chi connectivity index (χ4v) is 0.656. The van der Waals surface area contributed by atoms with Crippen molar-refractivity contribution in [2.75, 3.05) is 7.05 Å². The number of hydrogen-bond acceptors (Lipinski definition) is 3. The highest BCUT2D eigenvalue weighted by Gasteiger charge is 1.98. The van der Waals surface area contributed by atoms with Crippen molar-refractivity contribution in [1.82, 2.24) is 10.3 Å². The van der Waals surface area contributed by atoms with Gasteiger partial charge in [-0.2, -0.15) is 0 Å². The van der Waals surface area contributed by atoms with Crippen LogP contribution in [0.4, 0.5) is 0 Å². The lowest BCUT2D eigenvalue weighted by atomic mass is 10.4. The Hall–Kier alpha value is -0.250. The number of aryl methyl sites for hydroxylation is 1. The molecular formula is C6H12Cl2N2O. The van der Waals surface area contributed by atoms with Crippen molar-refractivity contribution >= 4 is 24.8 Å². The van der Waals surface area contributed by atoms with E-state index < -0.39 is 0 Å². The van der Waals surface area contributed by atoms with Gasteiger partial charge in [0.2, 0.25) is 0 Å². The first-order chi connectivity index (χ1) is 4.34. The van der Waals surface area contributed by atoms with Crippen LogP contribution in [0, 0.1) is 6.92 Å². The number of aromatic nitrogens is 1. The standard InChI is InChI=1S/C6H10N2O.2ClH/c1-5-6(3-7-2)9-4-8-5;;/h4,7H,3H2,1-2H3;2*1H. The predicted molar refractivity (Wildman–Crippen MR) is 48.5 cm³/mol. The third-order valence-corrected chi connectivity index (χ3v) is 1.18. The Bertz CT molecular complexity index is 190. The molecule has 0 fully saturated rings. The molecule has 0 amide bonds. The van der Waals surface area contributed by atoms with Gasteiger partial charge < -0.3 is 9.73 Å². The van der Waals surface area contributed by atoms with Gasteiger partial charge in [-0.15, -0.1) is 24.8 Å². The van der Waals surface area contributed by atoms with Crippen molar-refractivity contribution in [3.63, 3.8) is 0 Å². The van der Waals surface area contributed by atoms with Crippen LogP contribution >= 0.6 is 24.8 Å². The summed E-state index contributed by atoms with van der Waals surface area (Å²) in [4.78, 5) is 3.93. The van der Waals surface area contributed by atoms with E-state index in [2.05, 4.69) is 10.3 Å². The molecule has 0 unspecified atom stereocenters. The van der Waals surface area contributed by atoms with E-state index in [0.29, 0.717) is 0 Å². The molecule has 1 aromatic rings. The summed E-state index contributed by atoms with van der Waals surface area (Å²) >= 11 is 0. The van der Waals surface area contributed by atoms with E-state index in [1.165, 1.54) is 6.39 Å². The average Bonchev–Trinajstić information content (AvgIpc) is 2.18. The van der Waals surface area contributed by atoms with Crippen LogP contribution in [0.2, 0.25) is 0 Å². The lowest BCUT2D eigenvalue weighted by Crippen LogP contribution is -2.04. The van der Waals surface area contributed by atoms with E-state index in [1.54, 1.807) is 0 Å². The van der Waals surface area contributed by atoms with Gasteiger partial charge in [0, 0.05) is 0 Å². The molecule has 0 aromatic carbocycles. The van der Waals surface area contributed by atoms with E-state index in [4.69, 9.17) is 4.42 Å². The fraction of sp³-hybridized carbons (Fsp3) is 0.500. The highest BCUT2D eigenvalue weighted by Crippen LogP contribution is 2.02. The van der Waals surface area contributed by atoms with Crippen LogP contribution in [0.1, 0.15) is 11.5 Å². The number of rotatable bonds is 2. The summed E-state index contributed by atoms with van der Waals surface area (Å²) in [7, 11) is 1.88. The van der Waals surface area contributed by atoms with E-state index in [0.717, 1.165) is 18.0 Å². The van der Waals surface area contributed by atoms with Gasteiger partial charge in [-0.25, -0.2) is 4.98 Å². The van der Waals surface area contributed by atoms with Crippen LogP contribution in [0.5, 0.6) is 0 Å². The predicted octanol–water partition coefficient (Wildman–Crippen LogP) is 1.55. The Morgan fingerprint density at radius 3 is 2.55 bits per heavy atom. The summed E-state index contributed by atoms with van der Waals surface area (Å²) in [6.07, 6.45) is 1.46. The van der Waals surface area contributed by atoms with E-state index in [1.807, 2.05) is 14.0 Å². The molecule has 0 saturated carbocycles. The number of nitrogens with one attached hydrogen (secondary N) is 1. The normalized spacial score (nSPS) is 8.18. The summed E-state index contributed by atoms with van der Waals surface area (Å²) in [5.41, 5.74) is 0.962. The van der Waals surface area contributed by atoms with Gasteiger partial charge in [-0.1, -0.05) is 0 Å². The third kappa shape index (κ3) is 3.60. The lowest BCUT2D eigenvalue weighted by Gasteiger charge is -1.91. The molecule has 3 nitrogen and oxygen atoms in total. The maximum absolute atomic E-state index is 5.03. The second kappa shape index (κ2) is 6.46. The summed E-state index contributed by atoms with van der Waals surface area (Å²) in [6, 6.07) is 0. The van der Waals surface area contributed by atoms with Gasteiger partial charge in [-0.05, 0) is 14.0 Å². The van der Waals surface area contributed by atoms with Crippen molar-refractivity contribution in [3.05, 3.63) is 17.8 Å². The van der Waals surface area contributed by atoms with Crippen LogP contribution in [-0.2, 0) is 6.54 Å². The van der Waals surface area contributed by atoms with Gasteiger partial charge in [0.15, 0.2) is 6.39 Å². The SMILES string of the molecule is CNCc1ocnc1C.Cl.Cl. The Morgan fingerprint density at radius 1 is 1.55 bits per heavy atom. The van der Waals surface area contributed by atoms with Crippen molar-refractivity contribution in [2.45, 2.75) is 13.5 Å². The Kier molecular flexibility index (Phi) is 7.84. The van der Waals surface area contributed by atoms with Gasteiger partial charge >= 0.3 is 0 Å². The molecule has 0 radical (unpaired) electrons. The van der Waals surface area contributed by atoms with Crippen LogP contribution in [-0.4, -0.2) is 12.0 Å². The Labute approximate surface area is 78.4 Å². The largest absolute Gasteiger partial charge is 0.447 e. The molecule has 0 aliphatic rings. The maximum atomic E-state index is 5.03. The van der Waals surface area contributed by atoms with E-state index in [9.17, 15) is 0 Å². The quantitative estimate of drug-likeness (QED) is 0.785. The fourth-order valence-electron chi connectivity index (χ4n) is 0.656. The molecule has 0 bridgehead atoms. The molecule has 11 heavy (non-hydrogen) atoms. The van der Waals surface area contributed by atoms with Gasteiger partial charge in [0.05, 0.1) is 12.2 Å². The van der Waals surface area contributed by atoms with Crippen LogP contribution < -0.4 is 5.32 Å². The number of oxazole rings is 1. The smallest absolute Gasteiger partial charge is 0.181 e. The number of hydrogen-bond donors (Lipinski definition) is 1. The summed E-state index contributed by atoms with van der Waals surface area (Å²) in [6.45, 7) is 2.68. The average molecular weight is 199 g/mol. The van der Waals surface area contributed by atoms with Crippen molar-refractivity contribution in [3.8, 4) is 0 Å². The lowest BCUT2D eigenvalue weighted by molar-refractivity contribution is 0.488. The molecular weight excluding hydrogens is 187 g/mol. The van der Waals surface area contributed by atoms with Gasteiger partial charge in [0.25, 0.3) is 0 Å². The molecule has 0 spiro atoms. The molecule has 5 heteroatoms. The minimum atomic E-state index is 0. The monoisotopic (exact) mass is 198 g/mol. The number of halogens is 2. The molecule has 66 valence electrons. The minimum Gasteiger partial charge on any atom is -0.447 e. The molecule has 0 atom stereocenters. The van der Waals surface area contributed by atoms with Gasteiger partial charge in [-0.3, -0.25) is 0 Å². The second-order valence-electron chi connectivity index (χ2n) is 1.89. The second-order valence-corrected chi connectivity index (χ2v) is 1.89. The first-order valence-corrected chi connectivity index (χ1v) is 2.88. The van der Waals surface area contributed by atoms with Crippen molar-refractivity contribution < 1.29 is 4.42 Å². The van der Waals surface area contributed by atoms with E-state index >= 15 is 0 Å². The summed E-state index contributed by atoms with van der Waals surface area (Å²) < 4.78 is 5.03.